The van der Waals surface area contributed by atoms with Crippen molar-refractivity contribution in [3.63, 3.8) is 0 Å². The third-order valence-corrected chi connectivity index (χ3v) is 3.80. The summed E-state index contributed by atoms with van der Waals surface area (Å²) in [6.07, 6.45) is 0. The van der Waals surface area contributed by atoms with Crippen LogP contribution in [0.15, 0.2) is 36.4 Å². The van der Waals surface area contributed by atoms with Crippen LogP contribution in [0.3, 0.4) is 0 Å². The van der Waals surface area contributed by atoms with Crippen LogP contribution in [0.25, 0.3) is 0 Å². The van der Waals surface area contributed by atoms with Gasteiger partial charge in [-0.1, -0.05) is 18.2 Å². The average molecular weight is 343 g/mol. The summed E-state index contributed by atoms with van der Waals surface area (Å²) in [6, 6.07) is 10.2. The maximum atomic E-state index is 12.1. The zero-order valence-electron chi connectivity index (χ0n) is 14.5. The van der Waals surface area contributed by atoms with Gasteiger partial charge >= 0.3 is 5.97 Å². The number of ether oxygens (including phenoxy) is 1. The molecule has 1 aromatic carbocycles. The van der Waals surface area contributed by atoms with Gasteiger partial charge in [-0.3, -0.25) is 20.4 Å². The van der Waals surface area contributed by atoms with E-state index in [4.69, 9.17) is 4.74 Å². The Hall–Kier alpha value is -3.09. The SMILES string of the molecule is CCn1c(C)cc(C(=O)OCC(=O)NNC(=O)c2ccccc2)c1C. The molecular weight excluding hydrogens is 322 g/mol. The van der Waals surface area contributed by atoms with Gasteiger partial charge in [-0.15, -0.1) is 0 Å². The van der Waals surface area contributed by atoms with E-state index in [1.807, 2.05) is 25.3 Å². The maximum Gasteiger partial charge on any atom is 0.340 e. The lowest BCUT2D eigenvalue weighted by atomic mass is 10.2. The number of carbonyl (C=O) groups excluding carboxylic acids is 3. The summed E-state index contributed by atoms with van der Waals surface area (Å²) in [5, 5.41) is 0. The number of carbonyl (C=O) groups is 3. The Morgan fingerprint density at radius 1 is 1.08 bits per heavy atom. The third-order valence-electron chi connectivity index (χ3n) is 3.80. The highest BCUT2D eigenvalue weighted by Gasteiger charge is 2.17. The Morgan fingerprint density at radius 2 is 1.76 bits per heavy atom. The maximum absolute atomic E-state index is 12.1. The molecule has 132 valence electrons. The summed E-state index contributed by atoms with van der Waals surface area (Å²) in [5.74, 6) is -1.65. The number of rotatable bonds is 5. The summed E-state index contributed by atoms with van der Waals surface area (Å²) < 4.78 is 6.99. The van der Waals surface area contributed by atoms with Crippen LogP contribution in [0.5, 0.6) is 0 Å². The first-order valence-corrected chi connectivity index (χ1v) is 7.92. The largest absolute Gasteiger partial charge is 0.452 e. The molecule has 0 fully saturated rings. The minimum absolute atomic E-state index is 0.409. The molecule has 0 radical (unpaired) electrons. The molecule has 25 heavy (non-hydrogen) atoms. The molecule has 2 N–H and O–H groups in total. The molecule has 0 atom stereocenters. The quantitative estimate of drug-likeness (QED) is 0.639. The smallest absolute Gasteiger partial charge is 0.340 e. The van der Waals surface area contributed by atoms with E-state index in [2.05, 4.69) is 10.9 Å². The average Bonchev–Trinajstić information content (AvgIpc) is 2.92. The van der Waals surface area contributed by atoms with Gasteiger partial charge in [0.25, 0.3) is 11.8 Å². The second-order valence-electron chi connectivity index (χ2n) is 5.47. The van der Waals surface area contributed by atoms with Gasteiger partial charge in [0, 0.05) is 23.5 Å². The molecule has 7 heteroatoms. The predicted octanol–water partition coefficient (Wildman–Crippen LogP) is 1.74. The van der Waals surface area contributed by atoms with Crippen molar-refractivity contribution in [2.75, 3.05) is 6.61 Å². The molecule has 2 rings (SSSR count). The van der Waals surface area contributed by atoms with E-state index in [9.17, 15) is 14.4 Å². The summed E-state index contributed by atoms with van der Waals surface area (Å²) in [6.45, 7) is 5.98. The van der Waals surface area contributed by atoms with E-state index < -0.39 is 24.4 Å². The number of nitrogens with one attached hydrogen (secondary N) is 2. The van der Waals surface area contributed by atoms with Crippen LogP contribution in [0, 0.1) is 13.8 Å². The summed E-state index contributed by atoms with van der Waals surface area (Å²) in [4.78, 5) is 35.6. The first-order valence-electron chi connectivity index (χ1n) is 7.92. The van der Waals surface area contributed by atoms with Crippen molar-refractivity contribution in [3.05, 3.63) is 58.9 Å². The Kier molecular flexibility index (Phi) is 5.94. The van der Waals surface area contributed by atoms with E-state index >= 15 is 0 Å². The fourth-order valence-corrected chi connectivity index (χ4v) is 2.53. The molecule has 0 saturated heterocycles. The number of hydrazine groups is 1. The number of amides is 2. The van der Waals surface area contributed by atoms with Crippen molar-refractivity contribution in [2.24, 2.45) is 0 Å². The zero-order chi connectivity index (χ0) is 18.4. The van der Waals surface area contributed by atoms with Crippen LogP contribution in [0.1, 0.15) is 39.0 Å². The molecule has 0 aliphatic rings. The van der Waals surface area contributed by atoms with Crippen LogP contribution in [0.2, 0.25) is 0 Å². The second-order valence-corrected chi connectivity index (χ2v) is 5.47. The van der Waals surface area contributed by atoms with E-state index in [1.54, 1.807) is 36.4 Å². The first-order chi connectivity index (χ1) is 11.9. The molecule has 0 bridgehead atoms. The Bertz CT molecular complexity index is 781. The van der Waals surface area contributed by atoms with Gasteiger partial charge in [0.15, 0.2) is 6.61 Å². The molecular formula is C18H21N3O4. The highest BCUT2D eigenvalue weighted by molar-refractivity contribution is 5.96. The summed E-state index contributed by atoms with van der Waals surface area (Å²) in [5.41, 5.74) is 7.06. The number of nitrogens with zero attached hydrogens (tertiary/aromatic N) is 1. The van der Waals surface area contributed by atoms with Gasteiger partial charge < -0.3 is 9.30 Å². The minimum Gasteiger partial charge on any atom is -0.452 e. The number of esters is 1. The van der Waals surface area contributed by atoms with E-state index in [1.165, 1.54) is 0 Å². The molecule has 0 unspecified atom stereocenters. The lowest BCUT2D eigenvalue weighted by molar-refractivity contribution is -0.125. The van der Waals surface area contributed by atoms with Gasteiger partial charge in [0.2, 0.25) is 0 Å². The van der Waals surface area contributed by atoms with Crippen LogP contribution < -0.4 is 10.9 Å². The first kappa shape index (κ1) is 18.3. The molecule has 0 aliphatic heterocycles. The number of aromatic nitrogens is 1. The summed E-state index contributed by atoms with van der Waals surface area (Å²) >= 11 is 0. The minimum atomic E-state index is -0.623. The number of aryl methyl sites for hydroxylation is 1. The van der Waals surface area contributed by atoms with E-state index in [0.29, 0.717) is 11.1 Å². The van der Waals surface area contributed by atoms with Gasteiger partial charge in [0.1, 0.15) is 0 Å². The monoisotopic (exact) mass is 343 g/mol. The van der Waals surface area contributed by atoms with Crippen molar-refractivity contribution in [1.82, 2.24) is 15.4 Å². The molecule has 0 saturated carbocycles. The number of hydrogen-bond acceptors (Lipinski definition) is 4. The fourth-order valence-electron chi connectivity index (χ4n) is 2.53. The summed E-state index contributed by atoms with van der Waals surface area (Å²) in [7, 11) is 0. The Morgan fingerprint density at radius 3 is 2.36 bits per heavy atom. The van der Waals surface area contributed by atoms with Crippen LogP contribution in [-0.4, -0.2) is 29.0 Å². The lowest BCUT2D eigenvalue weighted by Gasteiger charge is -2.08. The molecule has 0 spiro atoms. The Balaban J connectivity index is 1.84. The van der Waals surface area contributed by atoms with Crippen LogP contribution in [-0.2, 0) is 16.1 Å². The number of benzene rings is 1. The molecule has 2 amide bonds. The van der Waals surface area contributed by atoms with Crippen LogP contribution >= 0.6 is 0 Å². The van der Waals surface area contributed by atoms with E-state index in [-0.39, 0.29) is 0 Å². The standard InChI is InChI=1S/C18H21N3O4/c1-4-21-12(2)10-15(13(21)3)18(24)25-11-16(22)19-20-17(23)14-8-6-5-7-9-14/h5-10H,4,11H2,1-3H3,(H,19,22)(H,20,23). The fraction of sp³-hybridized carbons (Fsp3) is 0.278. The van der Waals surface area contributed by atoms with Crippen molar-refractivity contribution in [2.45, 2.75) is 27.3 Å². The van der Waals surface area contributed by atoms with E-state index in [0.717, 1.165) is 17.9 Å². The lowest BCUT2D eigenvalue weighted by Crippen LogP contribution is -2.43. The molecule has 7 nitrogen and oxygen atoms in total. The Labute approximate surface area is 145 Å². The predicted molar refractivity (Wildman–Crippen MR) is 91.9 cm³/mol. The van der Waals surface area contributed by atoms with Crippen molar-refractivity contribution in [1.29, 1.82) is 0 Å². The van der Waals surface area contributed by atoms with Crippen molar-refractivity contribution < 1.29 is 19.1 Å². The van der Waals surface area contributed by atoms with Gasteiger partial charge in [-0.25, -0.2) is 4.79 Å². The van der Waals surface area contributed by atoms with Crippen LogP contribution in [0.4, 0.5) is 0 Å². The molecule has 0 aliphatic carbocycles. The zero-order valence-corrected chi connectivity index (χ0v) is 14.5. The molecule has 1 aromatic heterocycles. The second kappa shape index (κ2) is 8.14. The van der Waals surface area contributed by atoms with Gasteiger partial charge in [-0.05, 0) is 39.0 Å². The highest BCUT2D eigenvalue weighted by atomic mass is 16.5. The number of hydrogen-bond donors (Lipinski definition) is 2. The molecule has 2 aromatic rings. The topological polar surface area (TPSA) is 89.4 Å². The highest BCUT2D eigenvalue weighted by Crippen LogP contribution is 2.15. The molecule has 1 heterocycles. The normalized spacial score (nSPS) is 10.2. The van der Waals surface area contributed by atoms with Gasteiger partial charge in [0.05, 0.1) is 5.56 Å². The third kappa shape index (κ3) is 4.47. The van der Waals surface area contributed by atoms with Crippen molar-refractivity contribution in [3.8, 4) is 0 Å². The van der Waals surface area contributed by atoms with Crippen molar-refractivity contribution >= 4 is 17.8 Å². The van der Waals surface area contributed by atoms with Gasteiger partial charge in [-0.2, -0.15) is 0 Å².